The zero-order valence-electron chi connectivity index (χ0n) is 5.86. The van der Waals surface area contributed by atoms with Gasteiger partial charge < -0.3 is 5.11 Å². The molecule has 1 aliphatic carbocycles. The van der Waals surface area contributed by atoms with Gasteiger partial charge in [0, 0.05) is 0 Å². The fraction of sp³-hybridized carbons (Fsp3) is 1.00. The molecule has 8 heavy (non-hydrogen) atoms. The lowest BCUT2D eigenvalue weighted by molar-refractivity contribution is -0.0973. The van der Waals surface area contributed by atoms with Crippen molar-refractivity contribution in [1.82, 2.24) is 0 Å². The molecule has 0 heterocycles. The molecule has 0 aromatic carbocycles. The van der Waals surface area contributed by atoms with Crippen molar-refractivity contribution in [1.29, 1.82) is 0 Å². The molecule has 0 bridgehead atoms. The first-order valence-electron chi connectivity index (χ1n) is 3.14. The third-order valence-corrected chi connectivity index (χ3v) is 1.72. The largest absolute Gasteiger partial charge is 0.390 e. The van der Waals surface area contributed by atoms with Crippen LogP contribution < -0.4 is 0 Å². The van der Waals surface area contributed by atoms with E-state index in [4.69, 9.17) is 0 Å². The second-order valence-electron chi connectivity index (χ2n) is 4.01. The highest BCUT2D eigenvalue weighted by Crippen LogP contribution is 2.47. The van der Waals surface area contributed by atoms with Gasteiger partial charge in [0.2, 0.25) is 0 Å². The first kappa shape index (κ1) is 6.09. The molecule has 0 aliphatic heterocycles. The van der Waals surface area contributed by atoms with Crippen LogP contribution in [0, 0.1) is 5.41 Å². The highest BCUT2D eigenvalue weighted by atomic mass is 16.3. The van der Waals surface area contributed by atoms with Crippen molar-refractivity contribution >= 4 is 0 Å². The fourth-order valence-corrected chi connectivity index (χ4v) is 2.01. The third-order valence-electron chi connectivity index (χ3n) is 1.72. The Bertz CT molecular complexity index is 81.0. The monoisotopic (exact) mass is 114 g/mol. The molecule has 0 aromatic heterocycles. The molecule has 1 N–H and O–H groups in total. The van der Waals surface area contributed by atoms with Crippen LogP contribution in [-0.4, -0.2) is 10.7 Å². The van der Waals surface area contributed by atoms with Crippen molar-refractivity contribution in [3.05, 3.63) is 0 Å². The van der Waals surface area contributed by atoms with E-state index in [0.717, 1.165) is 12.8 Å². The van der Waals surface area contributed by atoms with Gasteiger partial charge in [0.15, 0.2) is 0 Å². The summed E-state index contributed by atoms with van der Waals surface area (Å²) in [5.41, 5.74) is 0.0625. The average molecular weight is 114 g/mol. The lowest BCUT2D eigenvalue weighted by Gasteiger charge is -2.47. The van der Waals surface area contributed by atoms with Gasteiger partial charge in [-0.3, -0.25) is 0 Å². The minimum Gasteiger partial charge on any atom is -0.390 e. The van der Waals surface area contributed by atoms with Crippen molar-refractivity contribution in [2.24, 2.45) is 5.41 Å². The second-order valence-corrected chi connectivity index (χ2v) is 4.01. The van der Waals surface area contributed by atoms with Crippen LogP contribution in [0.15, 0.2) is 0 Å². The van der Waals surface area contributed by atoms with Crippen molar-refractivity contribution in [3.8, 4) is 0 Å². The predicted molar refractivity (Wildman–Crippen MR) is 33.6 cm³/mol. The van der Waals surface area contributed by atoms with Crippen LogP contribution in [0.4, 0.5) is 0 Å². The van der Waals surface area contributed by atoms with Gasteiger partial charge in [-0.25, -0.2) is 0 Å². The first-order chi connectivity index (χ1) is 3.41. The van der Waals surface area contributed by atoms with E-state index in [9.17, 15) is 5.11 Å². The molecule has 1 nitrogen and oxygen atoms in total. The minimum absolute atomic E-state index is 0.344. The Morgan fingerprint density at radius 1 is 1.12 bits per heavy atom. The topological polar surface area (TPSA) is 20.2 Å². The van der Waals surface area contributed by atoms with Gasteiger partial charge >= 0.3 is 0 Å². The highest BCUT2D eigenvalue weighted by molar-refractivity contribution is 4.96. The van der Waals surface area contributed by atoms with E-state index in [-0.39, 0.29) is 5.60 Å². The average Bonchev–Trinajstić information content (AvgIpc) is 1.20. The second kappa shape index (κ2) is 1.27. The van der Waals surface area contributed by atoms with Crippen molar-refractivity contribution < 1.29 is 5.11 Å². The zero-order chi connectivity index (χ0) is 6.41. The lowest BCUT2D eigenvalue weighted by Crippen LogP contribution is -2.46. The maximum atomic E-state index is 9.25. The van der Waals surface area contributed by atoms with Gasteiger partial charge in [0.05, 0.1) is 5.60 Å². The molecule has 0 radical (unpaired) electrons. The summed E-state index contributed by atoms with van der Waals surface area (Å²) in [6.45, 7) is 6.27. The van der Waals surface area contributed by atoms with E-state index in [2.05, 4.69) is 13.8 Å². The summed E-state index contributed by atoms with van der Waals surface area (Å²) in [4.78, 5) is 0. The van der Waals surface area contributed by atoms with Gasteiger partial charge in [-0.05, 0) is 25.2 Å². The lowest BCUT2D eigenvalue weighted by atomic mass is 9.62. The Kier molecular flexibility index (Phi) is 0.965. The van der Waals surface area contributed by atoms with Gasteiger partial charge in [0.25, 0.3) is 0 Å². The molecule has 1 aliphatic rings. The smallest absolute Gasteiger partial charge is 0.0630 e. The summed E-state index contributed by atoms with van der Waals surface area (Å²) >= 11 is 0. The molecular weight excluding hydrogens is 100 g/mol. The standard InChI is InChI=1S/C7H14O/c1-6(2)4-7(3,8)5-6/h8H,4-5H2,1-3H3. The van der Waals surface area contributed by atoms with Gasteiger partial charge in [-0.1, -0.05) is 13.8 Å². The summed E-state index contributed by atoms with van der Waals surface area (Å²) in [5, 5.41) is 9.25. The quantitative estimate of drug-likeness (QED) is 0.506. The Hall–Kier alpha value is -0.0400. The van der Waals surface area contributed by atoms with Crippen LogP contribution in [0.5, 0.6) is 0 Å². The van der Waals surface area contributed by atoms with Crippen molar-refractivity contribution in [3.63, 3.8) is 0 Å². The molecule has 0 unspecified atom stereocenters. The Morgan fingerprint density at radius 2 is 1.50 bits per heavy atom. The third kappa shape index (κ3) is 1.03. The Morgan fingerprint density at radius 3 is 1.50 bits per heavy atom. The van der Waals surface area contributed by atoms with Gasteiger partial charge in [-0.2, -0.15) is 0 Å². The Balaban J connectivity index is 2.42. The van der Waals surface area contributed by atoms with E-state index < -0.39 is 0 Å². The fourth-order valence-electron chi connectivity index (χ4n) is 2.01. The van der Waals surface area contributed by atoms with E-state index >= 15 is 0 Å². The summed E-state index contributed by atoms with van der Waals surface area (Å²) in [5.74, 6) is 0. The zero-order valence-corrected chi connectivity index (χ0v) is 5.86. The molecule has 0 aromatic rings. The van der Waals surface area contributed by atoms with Crippen molar-refractivity contribution in [2.75, 3.05) is 0 Å². The van der Waals surface area contributed by atoms with Gasteiger partial charge in [0.1, 0.15) is 0 Å². The molecule has 1 saturated carbocycles. The molecule has 0 amide bonds. The van der Waals surface area contributed by atoms with Crippen LogP contribution >= 0.6 is 0 Å². The first-order valence-corrected chi connectivity index (χ1v) is 3.14. The number of hydrogen-bond donors (Lipinski definition) is 1. The molecule has 48 valence electrons. The van der Waals surface area contributed by atoms with Gasteiger partial charge in [-0.15, -0.1) is 0 Å². The number of aliphatic hydroxyl groups is 1. The summed E-state index contributed by atoms with van der Waals surface area (Å²) in [6, 6.07) is 0. The van der Waals surface area contributed by atoms with E-state index in [1.54, 1.807) is 0 Å². The maximum absolute atomic E-state index is 9.25. The SMILES string of the molecule is CC1(C)CC(C)(O)C1. The van der Waals surface area contributed by atoms with Crippen LogP contribution in [0.2, 0.25) is 0 Å². The number of rotatable bonds is 0. The van der Waals surface area contributed by atoms with Crippen LogP contribution in [0.1, 0.15) is 33.6 Å². The molecule has 0 atom stereocenters. The minimum atomic E-state index is -0.344. The predicted octanol–water partition coefficient (Wildman–Crippen LogP) is 1.56. The molecule has 1 rings (SSSR count). The van der Waals surface area contributed by atoms with Crippen LogP contribution in [0.3, 0.4) is 0 Å². The maximum Gasteiger partial charge on any atom is 0.0630 e. The van der Waals surface area contributed by atoms with E-state index in [0.29, 0.717) is 5.41 Å². The molecular formula is C7H14O. The van der Waals surface area contributed by atoms with Crippen molar-refractivity contribution in [2.45, 2.75) is 39.2 Å². The van der Waals surface area contributed by atoms with E-state index in [1.807, 2.05) is 6.92 Å². The number of hydrogen-bond acceptors (Lipinski definition) is 1. The summed E-state index contributed by atoms with van der Waals surface area (Å²) in [7, 11) is 0. The Labute approximate surface area is 50.7 Å². The molecule has 0 saturated heterocycles. The normalized spacial score (nSPS) is 31.5. The van der Waals surface area contributed by atoms with E-state index in [1.165, 1.54) is 0 Å². The highest BCUT2D eigenvalue weighted by Gasteiger charge is 2.43. The van der Waals surface area contributed by atoms with Crippen LogP contribution in [-0.2, 0) is 0 Å². The van der Waals surface area contributed by atoms with Crippen LogP contribution in [0.25, 0.3) is 0 Å². The molecule has 1 fully saturated rings. The summed E-state index contributed by atoms with van der Waals surface area (Å²) in [6.07, 6.45) is 1.92. The molecule has 1 heteroatoms. The summed E-state index contributed by atoms with van der Waals surface area (Å²) < 4.78 is 0. The molecule has 0 spiro atoms.